The first-order valence-corrected chi connectivity index (χ1v) is 5.21. The lowest BCUT2D eigenvalue weighted by Crippen LogP contribution is -2.17. The summed E-state index contributed by atoms with van der Waals surface area (Å²) in [5, 5.41) is 0. The van der Waals surface area contributed by atoms with Crippen molar-refractivity contribution >= 4 is 23.6 Å². The Balaban J connectivity index is 2.41. The lowest BCUT2D eigenvalue weighted by molar-refractivity contribution is -0.110. The molecule has 0 heterocycles. The standard InChI is InChI=1S/C13H10O4/c1-2-17-13(16)9-3-5-10-8(7-9)4-6-11(14)12(10)15/h3-7H,2H2,1H3. The van der Waals surface area contributed by atoms with Crippen molar-refractivity contribution in [2.45, 2.75) is 6.92 Å². The van der Waals surface area contributed by atoms with Crippen LogP contribution >= 0.6 is 0 Å². The zero-order valence-corrected chi connectivity index (χ0v) is 9.23. The molecular formula is C13H10O4. The minimum atomic E-state index is -0.544. The number of ketones is 2. The maximum atomic E-state index is 11.5. The van der Waals surface area contributed by atoms with Gasteiger partial charge in [0.1, 0.15) is 0 Å². The molecule has 86 valence electrons. The van der Waals surface area contributed by atoms with E-state index >= 15 is 0 Å². The van der Waals surface area contributed by atoms with E-state index in [0.717, 1.165) is 0 Å². The van der Waals surface area contributed by atoms with Crippen LogP contribution in [-0.2, 0) is 9.53 Å². The van der Waals surface area contributed by atoms with Crippen LogP contribution in [0.25, 0.3) is 6.08 Å². The summed E-state index contributed by atoms with van der Waals surface area (Å²) in [6.07, 6.45) is 2.74. The fourth-order valence-electron chi connectivity index (χ4n) is 1.62. The first-order chi connectivity index (χ1) is 8.13. The van der Waals surface area contributed by atoms with Crippen LogP contribution in [0.2, 0.25) is 0 Å². The van der Waals surface area contributed by atoms with Gasteiger partial charge in [0, 0.05) is 5.56 Å². The molecule has 4 heteroatoms. The van der Waals surface area contributed by atoms with Gasteiger partial charge >= 0.3 is 5.97 Å². The van der Waals surface area contributed by atoms with Gasteiger partial charge in [0.25, 0.3) is 0 Å². The molecule has 17 heavy (non-hydrogen) atoms. The molecule has 1 aliphatic carbocycles. The highest BCUT2D eigenvalue weighted by Crippen LogP contribution is 2.19. The second kappa shape index (κ2) is 4.33. The number of esters is 1. The molecule has 0 unspecified atom stereocenters. The fourth-order valence-corrected chi connectivity index (χ4v) is 1.62. The summed E-state index contributed by atoms with van der Waals surface area (Å²) in [6, 6.07) is 4.51. The van der Waals surface area contributed by atoms with Crippen LogP contribution < -0.4 is 0 Å². The van der Waals surface area contributed by atoms with Gasteiger partial charge in [-0.3, -0.25) is 9.59 Å². The largest absolute Gasteiger partial charge is 0.462 e. The van der Waals surface area contributed by atoms with E-state index in [1.807, 2.05) is 0 Å². The maximum Gasteiger partial charge on any atom is 0.338 e. The highest BCUT2D eigenvalue weighted by atomic mass is 16.5. The Hall–Kier alpha value is -2.23. The van der Waals surface area contributed by atoms with Crippen LogP contribution in [0.5, 0.6) is 0 Å². The van der Waals surface area contributed by atoms with Crippen molar-refractivity contribution in [3.05, 3.63) is 41.0 Å². The summed E-state index contributed by atoms with van der Waals surface area (Å²) in [5.41, 5.74) is 1.27. The van der Waals surface area contributed by atoms with Gasteiger partial charge in [-0.05, 0) is 36.8 Å². The fraction of sp³-hybridized carbons (Fsp3) is 0.154. The van der Waals surface area contributed by atoms with E-state index in [0.29, 0.717) is 23.3 Å². The number of hydrogen-bond donors (Lipinski definition) is 0. The minimum absolute atomic E-state index is 0.295. The van der Waals surface area contributed by atoms with E-state index < -0.39 is 17.5 Å². The second-order valence-corrected chi connectivity index (χ2v) is 3.55. The van der Waals surface area contributed by atoms with Crippen molar-refractivity contribution in [3.63, 3.8) is 0 Å². The molecule has 0 aromatic heterocycles. The Bertz CT molecular complexity index is 540. The van der Waals surface area contributed by atoms with Crippen LogP contribution in [0.3, 0.4) is 0 Å². The Kier molecular flexibility index (Phi) is 2.87. The molecule has 4 nitrogen and oxygen atoms in total. The average molecular weight is 230 g/mol. The smallest absolute Gasteiger partial charge is 0.338 e. The summed E-state index contributed by atoms with van der Waals surface area (Å²) in [4.78, 5) is 34.1. The van der Waals surface area contributed by atoms with E-state index in [2.05, 4.69) is 0 Å². The van der Waals surface area contributed by atoms with Crippen LogP contribution in [0.4, 0.5) is 0 Å². The van der Waals surface area contributed by atoms with Crippen molar-refractivity contribution in [2.24, 2.45) is 0 Å². The quantitative estimate of drug-likeness (QED) is 0.572. The van der Waals surface area contributed by atoms with Gasteiger partial charge in [-0.15, -0.1) is 0 Å². The van der Waals surface area contributed by atoms with Gasteiger partial charge < -0.3 is 4.74 Å². The van der Waals surface area contributed by atoms with E-state index in [9.17, 15) is 14.4 Å². The summed E-state index contributed by atoms with van der Waals surface area (Å²) >= 11 is 0. The van der Waals surface area contributed by atoms with Crippen LogP contribution in [-0.4, -0.2) is 24.1 Å². The van der Waals surface area contributed by atoms with Gasteiger partial charge in [0.05, 0.1) is 12.2 Å². The third-order valence-electron chi connectivity index (χ3n) is 2.45. The molecule has 0 amide bonds. The van der Waals surface area contributed by atoms with Gasteiger partial charge in [-0.25, -0.2) is 4.79 Å². The molecule has 0 aliphatic heterocycles. The molecule has 0 radical (unpaired) electrons. The van der Waals surface area contributed by atoms with Crippen LogP contribution in [0.15, 0.2) is 24.3 Å². The Morgan fingerprint density at radius 3 is 2.71 bits per heavy atom. The summed E-state index contributed by atoms with van der Waals surface area (Å²) in [7, 11) is 0. The summed E-state index contributed by atoms with van der Waals surface area (Å²) in [5.74, 6) is -1.52. The topological polar surface area (TPSA) is 60.4 Å². The molecule has 0 saturated heterocycles. The third-order valence-corrected chi connectivity index (χ3v) is 2.45. The Morgan fingerprint density at radius 1 is 1.24 bits per heavy atom. The zero-order valence-electron chi connectivity index (χ0n) is 9.23. The summed E-state index contributed by atoms with van der Waals surface area (Å²) < 4.78 is 4.85. The summed E-state index contributed by atoms with van der Waals surface area (Å²) in [6.45, 7) is 2.02. The predicted octanol–water partition coefficient (Wildman–Crippen LogP) is 1.64. The second-order valence-electron chi connectivity index (χ2n) is 3.55. The number of fused-ring (bicyclic) bond motifs is 1. The maximum absolute atomic E-state index is 11.5. The van der Waals surface area contributed by atoms with E-state index in [-0.39, 0.29) is 0 Å². The molecule has 1 aromatic carbocycles. The Labute approximate surface area is 97.9 Å². The van der Waals surface area contributed by atoms with Crippen LogP contribution in [0, 0.1) is 0 Å². The van der Waals surface area contributed by atoms with Crippen molar-refractivity contribution in [3.8, 4) is 0 Å². The molecule has 0 atom stereocenters. The highest BCUT2D eigenvalue weighted by molar-refractivity contribution is 6.50. The zero-order chi connectivity index (χ0) is 12.4. The normalized spacial score (nSPS) is 13.5. The third kappa shape index (κ3) is 2.01. The van der Waals surface area contributed by atoms with Crippen molar-refractivity contribution in [2.75, 3.05) is 6.61 Å². The van der Waals surface area contributed by atoms with Crippen molar-refractivity contribution < 1.29 is 19.1 Å². The van der Waals surface area contributed by atoms with Gasteiger partial charge in [-0.1, -0.05) is 6.08 Å². The first-order valence-electron chi connectivity index (χ1n) is 5.21. The number of rotatable bonds is 2. The van der Waals surface area contributed by atoms with Gasteiger partial charge in [0.15, 0.2) is 0 Å². The minimum Gasteiger partial charge on any atom is -0.462 e. The number of ether oxygens (including phenoxy) is 1. The number of carbonyl (C=O) groups excluding carboxylic acids is 3. The number of hydrogen-bond acceptors (Lipinski definition) is 4. The highest BCUT2D eigenvalue weighted by Gasteiger charge is 2.21. The lowest BCUT2D eigenvalue weighted by atomic mass is 9.94. The number of Topliss-reactive ketones (excluding diaryl/α,β-unsaturated/α-hetero) is 1. The SMILES string of the molecule is CCOC(=O)c1ccc2c(c1)C=CC(=O)C2=O. The van der Waals surface area contributed by atoms with Crippen molar-refractivity contribution in [1.29, 1.82) is 0 Å². The van der Waals surface area contributed by atoms with E-state index in [1.165, 1.54) is 24.3 Å². The number of allylic oxidation sites excluding steroid dienone is 1. The van der Waals surface area contributed by atoms with Gasteiger partial charge in [0.2, 0.25) is 11.6 Å². The number of carbonyl (C=O) groups is 3. The molecule has 0 saturated carbocycles. The van der Waals surface area contributed by atoms with Crippen molar-refractivity contribution in [1.82, 2.24) is 0 Å². The first kappa shape index (κ1) is 11.3. The molecule has 0 spiro atoms. The number of benzene rings is 1. The molecule has 1 aliphatic rings. The average Bonchev–Trinajstić information content (AvgIpc) is 2.34. The molecule has 0 fully saturated rings. The van der Waals surface area contributed by atoms with Gasteiger partial charge in [-0.2, -0.15) is 0 Å². The molecule has 0 N–H and O–H groups in total. The molecule has 2 rings (SSSR count). The molecule has 0 bridgehead atoms. The molecule has 1 aromatic rings. The monoisotopic (exact) mass is 230 g/mol. The Morgan fingerprint density at radius 2 is 2.00 bits per heavy atom. The lowest BCUT2D eigenvalue weighted by Gasteiger charge is -2.09. The van der Waals surface area contributed by atoms with E-state index in [4.69, 9.17) is 4.74 Å². The van der Waals surface area contributed by atoms with E-state index in [1.54, 1.807) is 13.0 Å². The predicted molar refractivity (Wildman–Crippen MR) is 60.8 cm³/mol. The van der Waals surface area contributed by atoms with Crippen LogP contribution in [0.1, 0.15) is 33.2 Å². The molecular weight excluding hydrogens is 220 g/mol.